The van der Waals surface area contributed by atoms with E-state index in [2.05, 4.69) is 27.4 Å². The molecule has 0 nitrogen and oxygen atoms in total. The van der Waals surface area contributed by atoms with Crippen LogP contribution < -0.4 is 0 Å². The molecule has 52 valence electrons. The third-order valence-electron chi connectivity index (χ3n) is 2.62. The zero-order chi connectivity index (χ0) is 7.07. The molecular formula is C9H16. The van der Waals surface area contributed by atoms with Crippen LogP contribution in [0.3, 0.4) is 0 Å². The van der Waals surface area contributed by atoms with Gasteiger partial charge in [-0.1, -0.05) is 26.0 Å². The van der Waals surface area contributed by atoms with Crippen LogP contribution in [0.4, 0.5) is 0 Å². The van der Waals surface area contributed by atoms with Crippen molar-refractivity contribution in [2.45, 2.75) is 33.6 Å². The van der Waals surface area contributed by atoms with Crippen molar-refractivity contribution >= 4 is 0 Å². The van der Waals surface area contributed by atoms with E-state index in [1.54, 1.807) is 0 Å². The second-order valence-corrected chi connectivity index (χ2v) is 3.93. The summed E-state index contributed by atoms with van der Waals surface area (Å²) < 4.78 is 0. The zero-order valence-corrected chi connectivity index (χ0v) is 6.70. The third kappa shape index (κ3) is 1.03. The summed E-state index contributed by atoms with van der Waals surface area (Å²) in [4.78, 5) is 0. The monoisotopic (exact) mass is 124 g/mol. The van der Waals surface area contributed by atoms with Crippen LogP contribution in [0, 0.1) is 11.3 Å². The summed E-state index contributed by atoms with van der Waals surface area (Å²) in [7, 11) is 0. The Labute approximate surface area is 58.0 Å². The molecule has 1 aliphatic carbocycles. The van der Waals surface area contributed by atoms with E-state index in [0.717, 1.165) is 5.92 Å². The lowest BCUT2D eigenvalue weighted by Gasteiger charge is -2.45. The van der Waals surface area contributed by atoms with Crippen molar-refractivity contribution in [2.75, 3.05) is 0 Å². The van der Waals surface area contributed by atoms with Crippen molar-refractivity contribution in [1.29, 1.82) is 0 Å². The van der Waals surface area contributed by atoms with Gasteiger partial charge in [0.15, 0.2) is 0 Å². The molecule has 0 unspecified atom stereocenters. The molecule has 0 bridgehead atoms. The Bertz CT molecular complexity index is 131. The largest absolute Gasteiger partial charge is 0.0998 e. The van der Waals surface area contributed by atoms with Crippen molar-refractivity contribution in [3.05, 3.63) is 12.2 Å². The van der Waals surface area contributed by atoms with Crippen molar-refractivity contribution in [2.24, 2.45) is 11.3 Å². The molecule has 0 aromatic heterocycles. The second kappa shape index (κ2) is 1.86. The summed E-state index contributed by atoms with van der Waals surface area (Å²) in [5, 5.41) is 0. The summed E-state index contributed by atoms with van der Waals surface area (Å²) >= 11 is 0. The van der Waals surface area contributed by atoms with Gasteiger partial charge >= 0.3 is 0 Å². The Hall–Kier alpha value is -0.260. The molecular weight excluding hydrogens is 108 g/mol. The van der Waals surface area contributed by atoms with Crippen LogP contribution in [-0.2, 0) is 0 Å². The molecule has 0 saturated heterocycles. The van der Waals surface area contributed by atoms with Gasteiger partial charge in [0, 0.05) is 0 Å². The van der Waals surface area contributed by atoms with E-state index in [1.807, 2.05) is 0 Å². The highest BCUT2D eigenvalue weighted by molar-refractivity contribution is 5.07. The lowest BCUT2D eigenvalue weighted by Crippen LogP contribution is -2.34. The van der Waals surface area contributed by atoms with E-state index in [4.69, 9.17) is 0 Å². The van der Waals surface area contributed by atoms with Crippen LogP contribution in [0.2, 0.25) is 0 Å². The first-order chi connectivity index (χ1) is 4.04. The van der Waals surface area contributed by atoms with Crippen molar-refractivity contribution < 1.29 is 0 Å². The molecule has 1 rings (SSSR count). The lowest BCUT2D eigenvalue weighted by atomic mass is 9.60. The van der Waals surface area contributed by atoms with Gasteiger partial charge in [0.2, 0.25) is 0 Å². The lowest BCUT2D eigenvalue weighted by molar-refractivity contribution is 0.104. The second-order valence-electron chi connectivity index (χ2n) is 3.93. The summed E-state index contributed by atoms with van der Waals surface area (Å²) in [6.45, 7) is 10.8. The molecule has 0 heteroatoms. The molecule has 0 aliphatic heterocycles. The first-order valence-corrected chi connectivity index (χ1v) is 3.69. The maximum atomic E-state index is 3.97. The van der Waals surface area contributed by atoms with Gasteiger partial charge in [-0.25, -0.2) is 0 Å². The molecule has 0 radical (unpaired) electrons. The van der Waals surface area contributed by atoms with Crippen molar-refractivity contribution in [1.82, 2.24) is 0 Å². The maximum Gasteiger partial charge on any atom is -0.0157 e. The van der Waals surface area contributed by atoms with Gasteiger partial charge in [-0.15, -0.1) is 0 Å². The van der Waals surface area contributed by atoms with Gasteiger partial charge in [0.1, 0.15) is 0 Å². The van der Waals surface area contributed by atoms with E-state index in [9.17, 15) is 0 Å². The predicted octanol–water partition coefficient (Wildman–Crippen LogP) is 3.00. The Balaban J connectivity index is 2.55. The number of allylic oxidation sites excluding steroid dienone is 1. The molecule has 0 N–H and O–H groups in total. The summed E-state index contributed by atoms with van der Waals surface area (Å²) in [5.41, 5.74) is 1.93. The van der Waals surface area contributed by atoms with Crippen molar-refractivity contribution in [3.63, 3.8) is 0 Å². The highest BCUT2D eigenvalue weighted by Crippen LogP contribution is 2.48. The van der Waals surface area contributed by atoms with Crippen LogP contribution in [0.1, 0.15) is 33.6 Å². The average Bonchev–Trinajstić information content (AvgIpc) is 1.62. The first kappa shape index (κ1) is 6.85. The quantitative estimate of drug-likeness (QED) is 0.471. The zero-order valence-electron chi connectivity index (χ0n) is 6.70. The molecule has 0 spiro atoms. The fraction of sp³-hybridized carbons (Fsp3) is 0.778. The highest BCUT2D eigenvalue weighted by Gasteiger charge is 2.38. The smallest absolute Gasteiger partial charge is 0.0157 e. The molecule has 1 saturated carbocycles. The van der Waals surface area contributed by atoms with E-state index in [1.165, 1.54) is 18.4 Å². The third-order valence-corrected chi connectivity index (χ3v) is 2.62. The molecule has 9 heavy (non-hydrogen) atoms. The van der Waals surface area contributed by atoms with Crippen LogP contribution in [-0.4, -0.2) is 0 Å². The fourth-order valence-corrected chi connectivity index (χ4v) is 1.78. The Morgan fingerprint density at radius 2 is 2.11 bits per heavy atom. The Kier molecular flexibility index (Phi) is 1.42. The van der Waals surface area contributed by atoms with Crippen LogP contribution >= 0.6 is 0 Å². The SMILES string of the molecule is C=C(C)[C@@H]1CCC1(C)C. The van der Waals surface area contributed by atoms with Crippen molar-refractivity contribution in [3.8, 4) is 0 Å². The normalized spacial score (nSPS) is 31.2. The average molecular weight is 124 g/mol. The maximum absolute atomic E-state index is 3.97. The minimum Gasteiger partial charge on any atom is -0.0998 e. The van der Waals surface area contributed by atoms with E-state index < -0.39 is 0 Å². The molecule has 1 aliphatic rings. The topological polar surface area (TPSA) is 0 Å². The van der Waals surface area contributed by atoms with Gasteiger partial charge in [0.25, 0.3) is 0 Å². The molecule has 0 amide bonds. The van der Waals surface area contributed by atoms with Gasteiger partial charge in [-0.05, 0) is 31.1 Å². The number of rotatable bonds is 1. The van der Waals surface area contributed by atoms with Gasteiger partial charge in [0.05, 0.1) is 0 Å². The standard InChI is InChI=1S/C9H16/c1-7(2)8-5-6-9(8,3)4/h8H,1,5-6H2,2-4H3/t8-/m0/s1. The summed E-state index contributed by atoms with van der Waals surface area (Å²) in [6, 6.07) is 0. The molecule has 0 aromatic carbocycles. The number of hydrogen-bond acceptors (Lipinski definition) is 0. The van der Waals surface area contributed by atoms with Crippen LogP contribution in [0.5, 0.6) is 0 Å². The summed E-state index contributed by atoms with van der Waals surface area (Å²) in [5.74, 6) is 0.803. The van der Waals surface area contributed by atoms with Crippen LogP contribution in [0.25, 0.3) is 0 Å². The van der Waals surface area contributed by atoms with E-state index >= 15 is 0 Å². The fourth-order valence-electron chi connectivity index (χ4n) is 1.78. The molecule has 0 aromatic rings. The van der Waals surface area contributed by atoms with Gasteiger partial charge in [-0.3, -0.25) is 0 Å². The van der Waals surface area contributed by atoms with Crippen LogP contribution in [0.15, 0.2) is 12.2 Å². The minimum absolute atomic E-state index is 0.561. The van der Waals surface area contributed by atoms with E-state index in [0.29, 0.717) is 5.41 Å². The predicted molar refractivity (Wildman–Crippen MR) is 41.3 cm³/mol. The number of hydrogen-bond donors (Lipinski definition) is 0. The van der Waals surface area contributed by atoms with Gasteiger partial charge < -0.3 is 0 Å². The molecule has 1 fully saturated rings. The minimum atomic E-state index is 0.561. The Morgan fingerprint density at radius 3 is 2.11 bits per heavy atom. The molecule has 0 heterocycles. The summed E-state index contributed by atoms with van der Waals surface area (Å²) in [6.07, 6.45) is 2.74. The molecule has 1 atom stereocenters. The van der Waals surface area contributed by atoms with Gasteiger partial charge in [-0.2, -0.15) is 0 Å². The Morgan fingerprint density at radius 1 is 1.56 bits per heavy atom. The first-order valence-electron chi connectivity index (χ1n) is 3.69. The van der Waals surface area contributed by atoms with E-state index in [-0.39, 0.29) is 0 Å². The highest BCUT2D eigenvalue weighted by atomic mass is 14.4.